The van der Waals surface area contributed by atoms with Gasteiger partial charge in [-0.05, 0) is 58.5 Å². The lowest BCUT2D eigenvalue weighted by atomic mass is 9.91. The Hall–Kier alpha value is -7.93. The Bertz CT molecular complexity index is 3650. The molecule has 1 atom stereocenters. The first-order chi connectivity index (χ1) is 31.7. The Morgan fingerprint density at radius 1 is 0.438 bits per heavy atom. The highest BCUT2D eigenvalue weighted by Gasteiger charge is 2.32. The van der Waals surface area contributed by atoms with Crippen LogP contribution in [0.5, 0.6) is 0 Å². The molecule has 11 aromatic rings. The fourth-order valence-electron chi connectivity index (χ4n) is 9.60. The SMILES string of the molecule is C1=C(c2nc(-c3ccccc3)nc(-c3ccccc3)n2)C=C2c3cccc(-c4ccc(-c5cccc6c5oc5ccc7c(-c8ccccc8)nc8ccccc8c7c56)cc4)c3SC2C1. The Morgan fingerprint density at radius 2 is 1.03 bits per heavy atom. The zero-order valence-corrected chi connectivity index (χ0v) is 35.3. The summed E-state index contributed by atoms with van der Waals surface area (Å²) in [6.07, 6.45) is 5.49. The summed E-state index contributed by atoms with van der Waals surface area (Å²) in [5.41, 5.74) is 15.0. The van der Waals surface area contributed by atoms with Crippen molar-refractivity contribution in [1.29, 1.82) is 0 Å². The summed E-state index contributed by atoms with van der Waals surface area (Å²) < 4.78 is 6.82. The fraction of sp³-hybridized carbons (Fsp3) is 0.0345. The lowest BCUT2D eigenvalue weighted by molar-refractivity contribution is 0.670. The Labute approximate surface area is 373 Å². The van der Waals surface area contributed by atoms with Crippen molar-refractivity contribution in [1.82, 2.24) is 19.9 Å². The fourth-order valence-corrected chi connectivity index (χ4v) is 11.0. The van der Waals surface area contributed by atoms with Crippen LogP contribution < -0.4 is 0 Å². The summed E-state index contributed by atoms with van der Waals surface area (Å²) in [5.74, 6) is 2.04. The lowest BCUT2D eigenvalue weighted by Gasteiger charge is -2.17. The van der Waals surface area contributed by atoms with Crippen LogP contribution in [0.4, 0.5) is 0 Å². The minimum Gasteiger partial charge on any atom is -0.455 e. The molecule has 3 aromatic heterocycles. The smallest absolute Gasteiger partial charge is 0.164 e. The van der Waals surface area contributed by atoms with Crippen LogP contribution in [0, 0.1) is 0 Å². The molecule has 0 bridgehead atoms. The summed E-state index contributed by atoms with van der Waals surface area (Å²) in [6, 6.07) is 65.8. The standard InChI is InChI=1S/C58H36N4OS/c1-4-14-37(15-5-1)53-45-31-32-49-52(51(45)44-20-10-11-25-48(44)59-53)46-24-12-21-41(54(46)63-49)35-26-28-36(29-27-35)42-22-13-23-43-47-34-40(30-33-50(47)64-55(42)43)58-61-56(38-16-6-2-7-17-38)60-57(62-58)39-18-8-3-9-19-39/h1-32,34,50H,33H2. The number of pyridine rings is 1. The Morgan fingerprint density at radius 3 is 1.77 bits per heavy atom. The van der Waals surface area contributed by atoms with Crippen LogP contribution in [0.1, 0.15) is 17.8 Å². The van der Waals surface area contributed by atoms with E-state index in [1.807, 2.05) is 54.2 Å². The van der Waals surface area contributed by atoms with Gasteiger partial charge in [0.15, 0.2) is 17.5 Å². The highest BCUT2D eigenvalue weighted by atomic mass is 32.2. The van der Waals surface area contributed by atoms with Crippen LogP contribution in [-0.4, -0.2) is 25.2 Å². The van der Waals surface area contributed by atoms with Gasteiger partial charge in [-0.1, -0.05) is 176 Å². The van der Waals surface area contributed by atoms with Gasteiger partial charge in [-0.25, -0.2) is 19.9 Å². The van der Waals surface area contributed by atoms with Crippen molar-refractivity contribution in [2.75, 3.05) is 0 Å². The van der Waals surface area contributed by atoms with Crippen LogP contribution in [0.3, 0.4) is 0 Å². The first-order valence-corrected chi connectivity index (χ1v) is 22.5. The molecule has 4 heterocycles. The Kier molecular flexibility index (Phi) is 8.52. The number of fused-ring (bicyclic) bond motifs is 10. The number of thioether (sulfide) groups is 1. The summed E-state index contributed by atoms with van der Waals surface area (Å²) >= 11 is 1.96. The van der Waals surface area contributed by atoms with E-state index in [-0.39, 0.29) is 0 Å². The number of hydrogen-bond donors (Lipinski definition) is 0. The van der Waals surface area contributed by atoms with Crippen molar-refractivity contribution >= 4 is 66.5 Å². The van der Waals surface area contributed by atoms with Gasteiger partial charge in [0, 0.05) is 64.9 Å². The van der Waals surface area contributed by atoms with Crippen molar-refractivity contribution in [2.45, 2.75) is 16.6 Å². The van der Waals surface area contributed by atoms with Gasteiger partial charge in [0.05, 0.1) is 11.2 Å². The summed E-state index contributed by atoms with van der Waals surface area (Å²) in [4.78, 5) is 21.5. The van der Waals surface area contributed by atoms with Crippen LogP contribution in [0.25, 0.3) is 111 Å². The minimum atomic E-state index is 0.321. The molecule has 1 aliphatic carbocycles. The van der Waals surface area contributed by atoms with Crippen LogP contribution in [-0.2, 0) is 0 Å². The zero-order chi connectivity index (χ0) is 42.1. The van der Waals surface area contributed by atoms with E-state index >= 15 is 0 Å². The Balaban J connectivity index is 0.867. The van der Waals surface area contributed by atoms with E-state index < -0.39 is 0 Å². The predicted octanol–water partition coefficient (Wildman–Crippen LogP) is 15.2. The first kappa shape index (κ1) is 36.7. The van der Waals surface area contributed by atoms with Gasteiger partial charge >= 0.3 is 0 Å². The molecular formula is C58H36N4OS. The van der Waals surface area contributed by atoms with Gasteiger partial charge in [0.2, 0.25) is 0 Å². The maximum Gasteiger partial charge on any atom is 0.164 e. The lowest BCUT2D eigenvalue weighted by Crippen LogP contribution is -2.07. The quantitative estimate of drug-likeness (QED) is 0.155. The molecule has 300 valence electrons. The second-order valence-electron chi connectivity index (χ2n) is 16.4. The molecule has 0 amide bonds. The number of para-hydroxylation sites is 2. The molecule has 0 spiro atoms. The molecule has 0 saturated carbocycles. The van der Waals surface area contributed by atoms with Crippen LogP contribution >= 0.6 is 11.8 Å². The molecular weight excluding hydrogens is 801 g/mol. The second kappa shape index (κ2) is 14.9. The molecule has 0 radical (unpaired) electrons. The second-order valence-corrected chi connectivity index (χ2v) is 17.6. The van der Waals surface area contributed by atoms with Gasteiger partial charge in [0.1, 0.15) is 11.2 Å². The molecule has 0 fully saturated rings. The van der Waals surface area contributed by atoms with Crippen molar-refractivity contribution in [3.05, 3.63) is 212 Å². The molecule has 64 heavy (non-hydrogen) atoms. The normalized spacial score (nSPS) is 14.5. The van der Waals surface area contributed by atoms with Gasteiger partial charge < -0.3 is 4.42 Å². The van der Waals surface area contributed by atoms with E-state index in [9.17, 15) is 0 Å². The number of nitrogens with zero attached hydrogens (tertiary/aromatic N) is 4. The van der Waals surface area contributed by atoms with E-state index in [1.165, 1.54) is 32.5 Å². The van der Waals surface area contributed by atoms with Crippen molar-refractivity contribution < 1.29 is 4.42 Å². The highest BCUT2D eigenvalue weighted by Crippen LogP contribution is 2.53. The summed E-state index contributed by atoms with van der Waals surface area (Å²) in [6.45, 7) is 0. The molecule has 6 heteroatoms. The molecule has 5 nitrogen and oxygen atoms in total. The number of benzene rings is 8. The van der Waals surface area contributed by atoms with E-state index in [4.69, 9.17) is 24.4 Å². The molecule has 1 aliphatic heterocycles. The molecule has 0 saturated heterocycles. The maximum absolute atomic E-state index is 6.82. The average molecular weight is 837 g/mol. The molecule has 8 aromatic carbocycles. The third kappa shape index (κ3) is 6.02. The van der Waals surface area contributed by atoms with Crippen LogP contribution in [0.15, 0.2) is 210 Å². The maximum atomic E-state index is 6.82. The van der Waals surface area contributed by atoms with Gasteiger partial charge in [-0.3, -0.25) is 0 Å². The zero-order valence-electron chi connectivity index (χ0n) is 34.4. The largest absolute Gasteiger partial charge is 0.455 e. The highest BCUT2D eigenvalue weighted by molar-refractivity contribution is 8.01. The number of rotatable bonds is 6. The number of allylic oxidation sites excluding steroid dienone is 3. The van der Waals surface area contributed by atoms with Crippen LogP contribution in [0.2, 0.25) is 0 Å². The topological polar surface area (TPSA) is 64.7 Å². The van der Waals surface area contributed by atoms with Gasteiger partial charge in [0.25, 0.3) is 0 Å². The van der Waals surface area contributed by atoms with E-state index in [0.717, 1.165) is 83.7 Å². The van der Waals surface area contributed by atoms with E-state index in [0.29, 0.717) is 22.7 Å². The van der Waals surface area contributed by atoms with Crippen molar-refractivity contribution in [3.8, 4) is 56.3 Å². The average Bonchev–Trinajstić information content (AvgIpc) is 3.95. The third-order valence-corrected chi connectivity index (χ3v) is 14.0. The predicted molar refractivity (Wildman–Crippen MR) is 264 cm³/mol. The van der Waals surface area contributed by atoms with Gasteiger partial charge in [-0.15, -0.1) is 11.8 Å². The number of hydrogen-bond acceptors (Lipinski definition) is 6. The summed E-state index contributed by atoms with van der Waals surface area (Å²) in [5, 5.41) is 5.95. The number of aromatic nitrogens is 4. The minimum absolute atomic E-state index is 0.321. The monoisotopic (exact) mass is 836 g/mol. The van der Waals surface area contributed by atoms with Gasteiger partial charge in [-0.2, -0.15) is 0 Å². The number of furan rings is 1. The molecule has 13 rings (SSSR count). The summed E-state index contributed by atoms with van der Waals surface area (Å²) in [7, 11) is 0. The van der Waals surface area contributed by atoms with Crippen molar-refractivity contribution in [2.24, 2.45) is 0 Å². The molecule has 0 N–H and O–H groups in total. The third-order valence-electron chi connectivity index (χ3n) is 12.6. The van der Waals surface area contributed by atoms with Crippen molar-refractivity contribution in [3.63, 3.8) is 0 Å². The van der Waals surface area contributed by atoms with E-state index in [1.54, 1.807) is 0 Å². The van der Waals surface area contributed by atoms with E-state index in [2.05, 4.69) is 158 Å². The first-order valence-electron chi connectivity index (χ1n) is 21.6. The molecule has 2 aliphatic rings. The molecule has 1 unspecified atom stereocenters.